The Labute approximate surface area is 69.8 Å². The molecule has 0 saturated heterocycles. The van der Waals surface area contributed by atoms with E-state index in [1.54, 1.807) is 0 Å². The number of ether oxygens (including phenoxy) is 1. The summed E-state index contributed by atoms with van der Waals surface area (Å²) in [6.45, 7) is 0. The second-order valence-electron chi connectivity index (χ2n) is 2.52. The zero-order chi connectivity index (χ0) is 9.14. The maximum absolute atomic E-state index is 10.5. The van der Waals surface area contributed by atoms with Gasteiger partial charge in [-0.05, 0) is 6.08 Å². The van der Waals surface area contributed by atoms with Crippen molar-refractivity contribution < 1.29 is 19.7 Å². The molecule has 1 rings (SSSR count). The molecular weight excluding hydrogens is 160 g/mol. The van der Waals surface area contributed by atoms with E-state index in [4.69, 9.17) is 14.9 Å². The highest BCUT2D eigenvalue weighted by Gasteiger charge is 2.22. The molecular formula is C8H10O4. The van der Waals surface area contributed by atoms with Crippen LogP contribution in [0.2, 0.25) is 0 Å². The van der Waals surface area contributed by atoms with Crippen molar-refractivity contribution >= 4 is 5.97 Å². The SMILES string of the molecule is COC1=C(O)C=CC(C(=O)O)C1. The van der Waals surface area contributed by atoms with Gasteiger partial charge in [-0.3, -0.25) is 4.79 Å². The summed E-state index contributed by atoms with van der Waals surface area (Å²) in [7, 11) is 1.41. The quantitative estimate of drug-likeness (QED) is 0.650. The van der Waals surface area contributed by atoms with Crippen LogP contribution in [-0.4, -0.2) is 23.3 Å². The molecule has 2 N–H and O–H groups in total. The number of hydrogen-bond donors (Lipinski definition) is 2. The summed E-state index contributed by atoms with van der Waals surface area (Å²) in [6, 6.07) is 0. The van der Waals surface area contributed by atoms with Crippen molar-refractivity contribution in [1.82, 2.24) is 0 Å². The number of methoxy groups -OCH3 is 1. The van der Waals surface area contributed by atoms with E-state index >= 15 is 0 Å². The van der Waals surface area contributed by atoms with Crippen LogP contribution < -0.4 is 0 Å². The van der Waals surface area contributed by atoms with Crippen LogP contribution in [0.15, 0.2) is 23.7 Å². The van der Waals surface area contributed by atoms with Gasteiger partial charge in [-0.25, -0.2) is 0 Å². The minimum absolute atomic E-state index is 0.00926. The van der Waals surface area contributed by atoms with Crippen LogP contribution in [-0.2, 0) is 9.53 Å². The van der Waals surface area contributed by atoms with Crippen LogP contribution in [0.1, 0.15) is 6.42 Å². The first-order valence-electron chi connectivity index (χ1n) is 3.52. The van der Waals surface area contributed by atoms with Crippen LogP contribution in [0.5, 0.6) is 0 Å². The fourth-order valence-corrected chi connectivity index (χ4v) is 1.03. The molecule has 1 aliphatic rings. The summed E-state index contributed by atoms with van der Waals surface area (Å²) in [5.74, 6) is -1.16. The maximum atomic E-state index is 10.5. The molecule has 0 heterocycles. The van der Waals surface area contributed by atoms with Crippen LogP contribution in [0.3, 0.4) is 0 Å². The Morgan fingerprint density at radius 3 is 2.92 bits per heavy atom. The van der Waals surface area contributed by atoms with Gasteiger partial charge in [-0.2, -0.15) is 0 Å². The lowest BCUT2D eigenvalue weighted by molar-refractivity contribution is -0.140. The predicted octanol–water partition coefficient (Wildman–Crippen LogP) is 1.06. The molecule has 0 aromatic heterocycles. The van der Waals surface area contributed by atoms with Gasteiger partial charge in [0.05, 0.1) is 13.0 Å². The fourth-order valence-electron chi connectivity index (χ4n) is 1.03. The second kappa shape index (κ2) is 3.30. The summed E-state index contributed by atoms with van der Waals surface area (Å²) in [4.78, 5) is 10.5. The number of carbonyl (C=O) groups is 1. The summed E-state index contributed by atoms with van der Waals surface area (Å²) < 4.78 is 4.80. The zero-order valence-electron chi connectivity index (χ0n) is 6.65. The number of allylic oxidation sites excluding steroid dienone is 2. The van der Waals surface area contributed by atoms with E-state index in [2.05, 4.69) is 0 Å². The monoisotopic (exact) mass is 170 g/mol. The largest absolute Gasteiger partial charge is 0.504 e. The van der Waals surface area contributed by atoms with Gasteiger partial charge in [-0.1, -0.05) is 6.08 Å². The van der Waals surface area contributed by atoms with Crippen molar-refractivity contribution in [3.05, 3.63) is 23.7 Å². The second-order valence-corrected chi connectivity index (χ2v) is 2.52. The highest BCUT2D eigenvalue weighted by molar-refractivity contribution is 5.73. The minimum atomic E-state index is -0.909. The molecule has 1 atom stereocenters. The average molecular weight is 170 g/mol. The van der Waals surface area contributed by atoms with Gasteiger partial charge in [0, 0.05) is 6.42 Å². The lowest BCUT2D eigenvalue weighted by atomic mass is 9.99. The Bertz CT molecular complexity index is 252. The molecule has 4 heteroatoms. The molecule has 0 spiro atoms. The van der Waals surface area contributed by atoms with E-state index in [1.165, 1.54) is 19.3 Å². The predicted molar refractivity (Wildman–Crippen MR) is 41.5 cm³/mol. The summed E-state index contributed by atoms with van der Waals surface area (Å²) in [5.41, 5.74) is 0. The van der Waals surface area contributed by atoms with Crippen LogP contribution >= 0.6 is 0 Å². The number of aliphatic carboxylic acids is 1. The van der Waals surface area contributed by atoms with Crippen molar-refractivity contribution in [2.45, 2.75) is 6.42 Å². The smallest absolute Gasteiger partial charge is 0.310 e. The third kappa shape index (κ3) is 1.58. The zero-order valence-corrected chi connectivity index (χ0v) is 6.65. The maximum Gasteiger partial charge on any atom is 0.310 e. The molecule has 66 valence electrons. The number of aliphatic hydroxyl groups excluding tert-OH is 1. The Kier molecular flexibility index (Phi) is 2.38. The van der Waals surface area contributed by atoms with E-state index < -0.39 is 11.9 Å². The topological polar surface area (TPSA) is 66.8 Å². The molecule has 12 heavy (non-hydrogen) atoms. The van der Waals surface area contributed by atoms with Crippen molar-refractivity contribution in [3.63, 3.8) is 0 Å². The summed E-state index contributed by atoms with van der Waals surface area (Å²) in [5, 5.41) is 17.8. The van der Waals surface area contributed by atoms with Gasteiger partial charge in [0.2, 0.25) is 0 Å². The molecule has 0 amide bonds. The molecule has 0 aliphatic heterocycles. The number of carboxylic acids is 1. The van der Waals surface area contributed by atoms with Crippen molar-refractivity contribution in [2.24, 2.45) is 5.92 Å². The summed E-state index contributed by atoms with van der Waals surface area (Å²) >= 11 is 0. The Hall–Kier alpha value is -1.45. The lowest BCUT2D eigenvalue weighted by Gasteiger charge is -2.15. The Morgan fingerprint density at radius 2 is 2.42 bits per heavy atom. The standard InChI is InChI=1S/C8H10O4/c1-12-7-4-5(8(10)11)2-3-6(7)9/h2-3,5,9H,4H2,1H3,(H,10,11). The average Bonchev–Trinajstić information content (AvgIpc) is 2.05. The first kappa shape index (κ1) is 8.64. The highest BCUT2D eigenvalue weighted by Crippen LogP contribution is 2.22. The molecule has 0 fully saturated rings. The van der Waals surface area contributed by atoms with Crippen molar-refractivity contribution in [3.8, 4) is 0 Å². The van der Waals surface area contributed by atoms with E-state index in [0.29, 0.717) is 5.76 Å². The van der Waals surface area contributed by atoms with Crippen LogP contribution in [0.25, 0.3) is 0 Å². The molecule has 0 radical (unpaired) electrons. The normalized spacial score (nSPS) is 22.6. The number of aliphatic hydroxyl groups is 1. The van der Waals surface area contributed by atoms with Gasteiger partial charge in [0.1, 0.15) is 5.76 Å². The molecule has 0 bridgehead atoms. The van der Waals surface area contributed by atoms with E-state index in [0.717, 1.165) is 0 Å². The number of carboxylic acid groups (broad SMARTS) is 1. The minimum Gasteiger partial charge on any atom is -0.504 e. The van der Waals surface area contributed by atoms with Crippen LogP contribution in [0.4, 0.5) is 0 Å². The molecule has 0 aromatic carbocycles. The van der Waals surface area contributed by atoms with Gasteiger partial charge >= 0.3 is 5.97 Å². The Morgan fingerprint density at radius 1 is 1.75 bits per heavy atom. The molecule has 0 aromatic rings. The third-order valence-electron chi connectivity index (χ3n) is 1.74. The van der Waals surface area contributed by atoms with Gasteiger partial charge < -0.3 is 14.9 Å². The highest BCUT2D eigenvalue weighted by atomic mass is 16.5. The van der Waals surface area contributed by atoms with E-state index in [9.17, 15) is 4.79 Å². The molecule has 1 aliphatic carbocycles. The molecule has 1 unspecified atom stereocenters. The number of hydrogen-bond acceptors (Lipinski definition) is 3. The first-order valence-corrected chi connectivity index (χ1v) is 3.52. The van der Waals surface area contributed by atoms with Crippen molar-refractivity contribution in [1.29, 1.82) is 0 Å². The molecule has 0 saturated carbocycles. The van der Waals surface area contributed by atoms with Crippen LogP contribution in [0, 0.1) is 5.92 Å². The van der Waals surface area contributed by atoms with Gasteiger partial charge in [0.15, 0.2) is 5.76 Å². The van der Waals surface area contributed by atoms with E-state index in [-0.39, 0.29) is 12.2 Å². The van der Waals surface area contributed by atoms with E-state index in [1.807, 2.05) is 0 Å². The Balaban J connectivity index is 2.76. The third-order valence-corrected chi connectivity index (χ3v) is 1.74. The van der Waals surface area contributed by atoms with Gasteiger partial charge in [-0.15, -0.1) is 0 Å². The first-order chi connectivity index (χ1) is 5.65. The fraction of sp³-hybridized carbons (Fsp3) is 0.375. The lowest BCUT2D eigenvalue weighted by Crippen LogP contribution is -2.15. The van der Waals surface area contributed by atoms with Crippen molar-refractivity contribution in [2.75, 3.05) is 7.11 Å². The van der Waals surface area contributed by atoms with Gasteiger partial charge in [0.25, 0.3) is 0 Å². The number of rotatable bonds is 2. The summed E-state index contributed by atoms with van der Waals surface area (Å²) in [6.07, 6.45) is 3.01. The molecule has 4 nitrogen and oxygen atoms in total.